The number of nitrogens with two attached hydrogens (primary N) is 1. The Balaban J connectivity index is 0.000000243. The van der Waals surface area contributed by atoms with Crippen LogP contribution in [0.3, 0.4) is 0 Å². The van der Waals surface area contributed by atoms with Gasteiger partial charge < -0.3 is 25.6 Å². The van der Waals surface area contributed by atoms with Gasteiger partial charge in [-0.25, -0.2) is 24.4 Å². The number of nitrogens with one attached hydrogen (secondary N) is 1. The van der Waals surface area contributed by atoms with Crippen molar-refractivity contribution in [3.05, 3.63) is 208 Å². The summed E-state index contributed by atoms with van der Waals surface area (Å²) in [7, 11) is 2.82. The van der Waals surface area contributed by atoms with Crippen LogP contribution in [0, 0.1) is 119 Å². The first-order chi connectivity index (χ1) is 52.2. The van der Waals surface area contributed by atoms with Gasteiger partial charge in [0.25, 0.3) is 5.91 Å². The van der Waals surface area contributed by atoms with E-state index in [0.717, 1.165) is 43.6 Å². The summed E-state index contributed by atoms with van der Waals surface area (Å²) in [4.78, 5) is 53.5. The number of terminal acetylenes is 1. The van der Waals surface area contributed by atoms with Crippen molar-refractivity contribution in [3.63, 3.8) is 0 Å². The molecule has 0 aliphatic heterocycles. The number of amides is 1. The van der Waals surface area contributed by atoms with Gasteiger partial charge in [-0.2, -0.15) is 26.3 Å². The summed E-state index contributed by atoms with van der Waals surface area (Å²) in [6.45, 7) is 1.84. The molecule has 2 heterocycles. The molecule has 13 rings (SSSR count). The van der Waals surface area contributed by atoms with Gasteiger partial charge in [-0.3, -0.25) is 4.79 Å². The van der Waals surface area contributed by atoms with E-state index >= 15 is 0 Å². The zero-order valence-electron chi connectivity index (χ0n) is 59.9. The van der Waals surface area contributed by atoms with Crippen LogP contribution < -0.4 is 11.1 Å². The Morgan fingerprint density at radius 3 is 1.45 bits per heavy atom. The van der Waals surface area contributed by atoms with Crippen LogP contribution in [0.4, 0.5) is 26.3 Å². The number of aromatic nitrogens is 2. The number of allylic oxidation sites excluding steroid dienone is 9. The molecule has 7 aliphatic rings. The number of thiazole rings is 2. The van der Waals surface area contributed by atoms with Crippen molar-refractivity contribution >= 4 is 69.3 Å². The molecule has 2 saturated carbocycles. The molecule has 2 fully saturated rings. The van der Waals surface area contributed by atoms with Gasteiger partial charge in [0.15, 0.2) is 10.0 Å². The topological polar surface area (TPSA) is 171 Å². The molecular weight excluding hydrogens is 1450 g/mol. The van der Waals surface area contributed by atoms with Gasteiger partial charge in [-0.1, -0.05) is 127 Å². The summed E-state index contributed by atoms with van der Waals surface area (Å²) in [5.41, 5.74) is 22.9. The third-order valence-electron chi connectivity index (χ3n) is 18.0. The summed E-state index contributed by atoms with van der Waals surface area (Å²) < 4.78 is 82.8. The Labute approximate surface area is 657 Å². The predicted molar refractivity (Wildman–Crippen MR) is 433 cm³/mol. The third-order valence-corrected chi connectivity index (χ3v) is 20.1. The average Bonchev–Trinajstić information content (AvgIpc) is 1.68. The maximum Gasteiger partial charge on any atom is 0.443 e. The summed E-state index contributed by atoms with van der Waals surface area (Å²) in [5.74, 6) is 41.6. The Hall–Kier alpha value is -11.7. The summed E-state index contributed by atoms with van der Waals surface area (Å²) >= 11 is 1.13. The number of carbonyl (C=O) groups is 4. The number of carboxylic acids is 1. The molecule has 1 amide bonds. The lowest BCUT2D eigenvalue weighted by atomic mass is 9.81. The number of nitrogens with zero attached hydrogens (tertiary/aromatic N) is 2. The molecule has 0 saturated heterocycles. The van der Waals surface area contributed by atoms with Gasteiger partial charge >= 0.3 is 30.3 Å². The highest BCUT2D eigenvalue weighted by atomic mass is 32.1. The summed E-state index contributed by atoms with van der Waals surface area (Å²) in [6, 6.07) is 22.9. The standard InChI is InChI=1S/C21H21F3N2OS.C19H4.C17H18O2.C16H18O2.C11H10O2.C5H5F3N2S.3CH4/c22-21(23,24)20-26-12-16(28-20)11-25-19(27)15-7-9-18-14(10-15)6-8-17(18)13-4-2-1-3-5-13;1-3-5-7-9-11-13-15-17-19-18-16-14-12-10-8-6-4-2;1-19-17(18)14-8-10-16-13(11-14)7-9-15(16)12-5-3-2-4-6-12;17-16(18)13-7-9-15-12(10-13)6-8-14(15)11-4-2-1-3-5-11;1-13-11(12)10-6-5-8-3-2-4-9(8)7-10;6-5(7,8)4-10-2-3(1-9)11-4;;;/h7-10,12-13H,1-6,11H2,(H,25,27);1H,2H3;5,8-11H,2-4,6-7H2,1H3;7-11H,1-6H2,(H,17,18);2-3,5-7H,4H2,1H3;2H,1,9H2;3*1H4. The second kappa shape index (κ2) is 46.0. The highest BCUT2D eigenvalue weighted by Crippen LogP contribution is 2.43. The van der Waals surface area contributed by atoms with Gasteiger partial charge in [0.05, 0.1) is 37.5 Å². The molecule has 4 aromatic carbocycles. The fourth-order valence-corrected chi connectivity index (χ4v) is 14.3. The van der Waals surface area contributed by atoms with Crippen molar-refractivity contribution in [1.29, 1.82) is 0 Å². The number of alkyl halides is 6. The van der Waals surface area contributed by atoms with E-state index in [2.05, 4.69) is 163 Å². The molecular formula is C92H88F6N4O7S2. The number of carbonyl (C=O) groups excluding carboxylic acids is 3. The molecule has 111 heavy (non-hydrogen) atoms. The lowest BCUT2D eigenvalue weighted by Gasteiger charge is -2.23. The lowest BCUT2D eigenvalue weighted by Crippen LogP contribution is -2.22. The predicted octanol–water partition coefficient (Wildman–Crippen LogP) is 19.7. The van der Waals surface area contributed by atoms with E-state index in [0.29, 0.717) is 66.5 Å². The van der Waals surface area contributed by atoms with E-state index in [1.165, 1.54) is 165 Å². The largest absolute Gasteiger partial charge is 0.478 e. The molecule has 6 aromatic rings. The van der Waals surface area contributed by atoms with Crippen molar-refractivity contribution in [2.45, 2.75) is 170 Å². The SMILES string of the molecule is C.C.C.C#CC#CC#CC#CC#CC#CC#CC#CC#CC.COC(=O)c1ccc2c(c1)CC=C2.COC(=O)c1ccc2c(c1)CC=C2C1=CCCCC1.NCc1cnc(C(F)(F)F)s1.O=C(NCc1cnc(C(F)(F)F)s1)c1ccc2c(c1)CC=C2C1CCCCC1.O=C(O)c1ccc2c(c1)CC=C2C1CCCCC1. The Kier molecular flexibility index (Phi) is 37.2. The number of hydrogen-bond acceptors (Lipinski definition) is 11. The van der Waals surface area contributed by atoms with Gasteiger partial charge in [0, 0.05) is 34.3 Å². The minimum atomic E-state index is -4.45. The number of halogens is 6. The van der Waals surface area contributed by atoms with E-state index in [4.69, 9.17) is 22.0 Å². The first-order valence-corrected chi connectivity index (χ1v) is 36.6. The van der Waals surface area contributed by atoms with Crippen molar-refractivity contribution in [1.82, 2.24) is 15.3 Å². The second-order valence-electron chi connectivity index (χ2n) is 25.0. The minimum Gasteiger partial charge on any atom is -0.478 e. The molecule has 0 bridgehead atoms. The molecule has 4 N–H and O–H groups in total. The van der Waals surface area contributed by atoms with Gasteiger partial charge in [-0.15, -0.1) is 29.1 Å². The molecule has 7 aliphatic carbocycles. The molecule has 0 unspecified atom stereocenters. The Morgan fingerprint density at radius 2 is 0.982 bits per heavy atom. The Morgan fingerprint density at radius 1 is 0.541 bits per heavy atom. The number of aromatic carboxylic acids is 1. The highest BCUT2D eigenvalue weighted by molar-refractivity contribution is 7.12. The number of esters is 2. The van der Waals surface area contributed by atoms with E-state index < -0.39 is 28.3 Å². The minimum absolute atomic E-state index is 0. The molecule has 572 valence electrons. The number of fused-ring (bicyclic) bond motifs is 4. The number of benzene rings is 4. The van der Waals surface area contributed by atoms with Gasteiger partial charge in [0.2, 0.25) is 0 Å². The van der Waals surface area contributed by atoms with E-state index in [1.807, 2.05) is 54.6 Å². The molecule has 0 atom stereocenters. The van der Waals surface area contributed by atoms with Crippen LogP contribution in [0.5, 0.6) is 0 Å². The maximum atomic E-state index is 12.6. The van der Waals surface area contributed by atoms with Crippen LogP contribution in [0.2, 0.25) is 0 Å². The van der Waals surface area contributed by atoms with Crippen molar-refractivity contribution in [3.8, 4) is 107 Å². The zero-order chi connectivity index (χ0) is 77.3. The van der Waals surface area contributed by atoms with Crippen molar-refractivity contribution in [2.24, 2.45) is 17.6 Å². The van der Waals surface area contributed by atoms with Crippen LogP contribution in [0.1, 0.15) is 225 Å². The molecule has 19 heteroatoms. The fraction of sp³-hybridized carbons (Fsp3) is 0.326. The number of carboxylic acid groups (broad SMARTS) is 1. The normalized spacial score (nSPS) is 13.8. The van der Waals surface area contributed by atoms with Crippen molar-refractivity contribution in [2.75, 3.05) is 14.2 Å². The summed E-state index contributed by atoms with van der Waals surface area (Å²) in [6.07, 6.45) is 33.4. The third kappa shape index (κ3) is 27.4. The quantitative estimate of drug-likeness (QED) is 0.0681. The average molecular weight is 1540 g/mol. The molecule has 11 nitrogen and oxygen atoms in total. The maximum absolute atomic E-state index is 12.6. The number of hydrogen-bond donors (Lipinski definition) is 3. The van der Waals surface area contributed by atoms with Gasteiger partial charge in [0.1, 0.15) is 0 Å². The number of rotatable bonds is 10. The second-order valence-corrected chi connectivity index (χ2v) is 27.3. The van der Waals surface area contributed by atoms with Gasteiger partial charge in [-0.05, 0) is 306 Å². The molecule has 0 radical (unpaired) electrons. The lowest BCUT2D eigenvalue weighted by molar-refractivity contribution is -0.138. The summed E-state index contributed by atoms with van der Waals surface area (Å²) in [5, 5.41) is 9.98. The monoisotopic (exact) mass is 1540 g/mol. The molecule has 2 aromatic heterocycles. The number of methoxy groups -OCH3 is 2. The molecule has 0 spiro atoms. The van der Waals surface area contributed by atoms with Crippen molar-refractivity contribution < 1.29 is 60.1 Å². The van der Waals surface area contributed by atoms with Crippen LogP contribution in [-0.2, 0) is 60.6 Å². The smallest absolute Gasteiger partial charge is 0.443 e. The number of ether oxygens (including phenoxy) is 2. The van der Waals surface area contributed by atoms with E-state index in [9.17, 15) is 45.5 Å². The van der Waals surface area contributed by atoms with Crippen LogP contribution in [-0.4, -0.2) is 53.1 Å². The van der Waals surface area contributed by atoms with Crippen LogP contribution in [0.15, 0.2) is 121 Å². The zero-order valence-corrected chi connectivity index (χ0v) is 61.5. The highest BCUT2D eigenvalue weighted by Gasteiger charge is 2.36. The Bertz CT molecular complexity index is 5080. The van der Waals surface area contributed by atoms with Crippen LogP contribution >= 0.6 is 22.7 Å². The first kappa shape index (κ1) is 89.9. The fourth-order valence-electron chi connectivity index (χ4n) is 12.9. The first-order valence-electron chi connectivity index (χ1n) is 35.0. The van der Waals surface area contributed by atoms with E-state index in [1.54, 1.807) is 19.1 Å². The van der Waals surface area contributed by atoms with Crippen LogP contribution in [0.25, 0.3) is 22.8 Å². The van der Waals surface area contributed by atoms with E-state index in [-0.39, 0.29) is 53.2 Å².